The number of amides is 1. The van der Waals surface area contributed by atoms with Crippen LogP contribution in [0, 0.1) is 0 Å². The number of carbonyl (C=O) groups is 1. The molecule has 2 fully saturated rings. The van der Waals surface area contributed by atoms with E-state index < -0.39 is 6.29 Å². The predicted molar refractivity (Wildman–Crippen MR) is 154 cm³/mol. The van der Waals surface area contributed by atoms with Gasteiger partial charge in [0.25, 0.3) is 5.91 Å². The van der Waals surface area contributed by atoms with Gasteiger partial charge in [0.2, 0.25) is 0 Å². The summed E-state index contributed by atoms with van der Waals surface area (Å²) in [5, 5.41) is 12.4. The van der Waals surface area contributed by atoms with Crippen LogP contribution in [0.4, 0.5) is 0 Å². The van der Waals surface area contributed by atoms with Crippen molar-refractivity contribution < 1.29 is 19.4 Å². The van der Waals surface area contributed by atoms with Crippen LogP contribution in [-0.4, -0.2) is 46.1 Å². The molecule has 3 aromatic rings. The molecule has 0 bridgehead atoms. The number of aromatic nitrogens is 1. The zero-order chi connectivity index (χ0) is 27.7. The molecule has 1 amide bonds. The second kappa shape index (κ2) is 13.8. The molecule has 2 N–H and O–H groups in total. The van der Waals surface area contributed by atoms with Crippen molar-refractivity contribution in [2.75, 3.05) is 13.1 Å². The largest absolute Gasteiger partial charge is 0.392 e. The highest BCUT2D eigenvalue weighted by Gasteiger charge is 2.34. The molecule has 3 atom stereocenters. The fourth-order valence-corrected chi connectivity index (χ4v) is 5.68. The van der Waals surface area contributed by atoms with Crippen LogP contribution in [0.2, 0.25) is 0 Å². The lowest BCUT2D eigenvalue weighted by molar-refractivity contribution is -0.253. The molecule has 2 aliphatic rings. The lowest BCUT2D eigenvalue weighted by Gasteiger charge is -2.39. The third-order valence-corrected chi connectivity index (χ3v) is 7.89. The fraction of sp³-hybridized carbons (Fsp3) is 0.394. The Morgan fingerprint density at radius 3 is 2.42 bits per heavy atom. The Bertz CT molecular complexity index is 1230. The number of rotatable bonds is 11. The first kappa shape index (κ1) is 28.2. The SMILES string of the molecule is C=CCN(C[C@@H]1C[C@H](c2ccc(CO)cc2)O[C@H](c2ccc(CNC(=O)c3cccnc3)cc2)O1)C1CCCC1. The molecule has 7 heteroatoms. The van der Waals surface area contributed by atoms with Crippen LogP contribution in [-0.2, 0) is 22.6 Å². The van der Waals surface area contributed by atoms with Crippen LogP contribution in [0.15, 0.2) is 85.7 Å². The summed E-state index contributed by atoms with van der Waals surface area (Å²) in [6, 6.07) is 20.1. The quantitative estimate of drug-likeness (QED) is 0.313. The van der Waals surface area contributed by atoms with E-state index in [0.29, 0.717) is 18.2 Å². The van der Waals surface area contributed by atoms with Gasteiger partial charge in [-0.05, 0) is 41.7 Å². The number of nitrogens with zero attached hydrogens (tertiary/aromatic N) is 2. The molecule has 1 saturated heterocycles. The summed E-state index contributed by atoms with van der Waals surface area (Å²) in [4.78, 5) is 18.9. The smallest absolute Gasteiger partial charge is 0.253 e. The van der Waals surface area contributed by atoms with Crippen molar-refractivity contribution in [2.24, 2.45) is 0 Å². The molecule has 2 aromatic carbocycles. The Kier molecular flexibility index (Phi) is 9.73. The molecule has 1 saturated carbocycles. The highest BCUT2D eigenvalue weighted by Crippen LogP contribution is 2.38. The summed E-state index contributed by atoms with van der Waals surface area (Å²) in [6.45, 7) is 6.13. The van der Waals surface area contributed by atoms with Gasteiger partial charge in [-0.1, -0.05) is 67.4 Å². The molecular formula is C33H39N3O4. The molecular weight excluding hydrogens is 502 g/mol. The number of aliphatic hydroxyl groups is 1. The molecule has 7 nitrogen and oxygen atoms in total. The molecule has 5 rings (SSSR count). The topological polar surface area (TPSA) is 83.9 Å². The van der Waals surface area contributed by atoms with Crippen LogP contribution in [0.1, 0.15) is 77.1 Å². The zero-order valence-corrected chi connectivity index (χ0v) is 23.0. The Morgan fingerprint density at radius 2 is 1.75 bits per heavy atom. The normalized spacial score (nSPS) is 21.4. The Balaban J connectivity index is 1.29. The number of ether oxygens (including phenoxy) is 2. The number of hydrogen-bond acceptors (Lipinski definition) is 6. The van der Waals surface area contributed by atoms with Gasteiger partial charge in [0.1, 0.15) is 0 Å². The van der Waals surface area contributed by atoms with Crippen LogP contribution in [0.25, 0.3) is 0 Å². The maximum Gasteiger partial charge on any atom is 0.253 e. The summed E-state index contributed by atoms with van der Waals surface area (Å²) < 4.78 is 13.1. The molecule has 2 heterocycles. The molecule has 1 aromatic heterocycles. The molecule has 0 unspecified atom stereocenters. The van der Waals surface area contributed by atoms with Gasteiger partial charge >= 0.3 is 0 Å². The minimum Gasteiger partial charge on any atom is -0.392 e. The van der Waals surface area contributed by atoms with E-state index in [1.807, 2.05) is 54.6 Å². The lowest BCUT2D eigenvalue weighted by Crippen LogP contribution is -2.43. The van der Waals surface area contributed by atoms with Crippen molar-refractivity contribution in [2.45, 2.75) is 69.8 Å². The van der Waals surface area contributed by atoms with E-state index in [9.17, 15) is 9.90 Å². The van der Waals surface area contributed by atoms with Crippen molar-refractivity contribution in [3.05, 3.63) is 114 Å². The highest BCUT2D eigenvalue weighted by atomic mass is 16.7. The first-order chi connectivity index (χ1) is 19.6. The van der Waals surface area contributed by atoms with Gasteiger partial charge in [0, 0.05) is 50.1 Å². The van der Waals surface area contributed by atoms with E-state index >= 15 is 0 Å². The van der Waals surface area contributed by atoms with Crippen LogP contribution in [0.3, 0.4) is 0 Å². The summed E-state index contributed by atoms with van der Waals surface area (Å²) in [7, 11) is 0. The minimum absolute atomic E-state index is 0.000245. The molecule has 0 radical (unpaired) electrons. The average Bonchev–Trinajstić information content (AvgIpc) is 3.55. The summed E-state index contributed by atoms with van der Waals surface area (Å²) >= 11 is 0. The second-order valence-corrected chi connectivity index (χ2v) is 10.7. The van der Waals surface area contributed by atoms with Gasteiger partial charge in [-0.2, -0.15) is 0 Å². The number of nitrogens with one attached hydrogen (secondary N) is 1. The average molecular weight is 542 g/mol. The van der Waals surface area contributed by atoms with Crippen LogP contribution < -0.4 is 5.32 Å². The van der Waals surface area contributed by atoms with Crippen molar-refractivity contribution in [1.82, 2.24) is 15.2 Å². The van der Waals surface area contributed by atoms with E-state index in [1.165, 1.54) is 25.7 Å². The Hall–Kier alpha value is -3.36. The number of hydrogen-bond donors (Lipinski definition) is 2. The first-order valence-electron chi connectivity index (χ1n) is 14.3. The fourth-order valence-electron chi connectivity index (χ4n) is 5.68. The third-order valence-electron chi connectivity index (χ3n) is 7.89. The van der Waals surface area contributed by atoms with E-state index in [0.717, 1.165) is 41.8 Å². The maximum atomic E-state index is 12.4. The van der Waals surface area contributed by atoms with Gasteiger partial charge in [-0.15, -0.1) is 6.58 Å². The molecule has 1 aliphatic heterocycles. The van der Waals surface area contributed by atoms with Gasteiger partial charge in [0.15, 0.2) is 6.29 Å². The molecule has 1 aliphatic carbocycles. The van der Waals surface area contributed by atoms with Crippen molar-refractivity contribution in [3.63, 3.8) is 0 Å². The van der Waals surface area contributed by atoms with E-state index in [1.54, 1.807) is 24.5 Å². The standard InChI is InChI=1S/C33H39N3O4/c1-2-18-36(29-7-3-4-8-29)22-30-19-31(26-13-11-25(23-37)12-14-26)40-33(39-30)27-15-9-24(10-16-27)20-35-32(38)28-6-5-17-34-21-28/h2,5-6,9-17,21,29-31,33,37H,1,3-4,7-8,18-20,22-23H2,(H,35,38)/t30-,31+,33+/m0/s1. The maximum absolute atomic E-state index is 12.4. The van der Waals surface area contributed by atoms with Crippen molar-refractivity contribution in [3.8, 4) is 0 Å². The zero-order valence-electron chi connectivity index (χ0n) is 23.0. The Morgan fingerprint density at radius 1 is 1.02 bits per heavy atom. The van der Waals surface area contributed by atoms with E-state index in [4.69, 9.17) is 9.47 Å². The Labute approximate surface area is 236 Å². The lowest BCUT2D eigenvalue weighted by atomic mass is 9.99. The van der Waals surface area contributed by atoms with Crippen molar-refractivity contribution in [1.29, 1.82) is 0 Å². The predicted octanol–water partition coefficient (Wildman–Crippen LogP) is 5.48. The van der Waals surface area contributed by atoms with E-state index in [2.05, 4.69) is 21.8 Å². The van der Waals surface area contributed by atoms with Gasteiger partial charge in [-0.3, -0.25) is 14.7 Å². The number of benzene rings is 2. The second-order valence-electron chi connectivity index (χ2n) is 10.7. The number of pyridine rings is 1. The monoisotopic (exact) mass is 541 g/mol. The first-order valence-corrected chi connectivity index (χ1v) is 14.3. The highest BCUT2D eigenvalue weighted by molar-refractivity contribution is 5.93. The van der Waals surface area contributed by atoms with Gasteiger partial charge in [0.05, 0.1) is 24.4 Å². The minimum atomic E-state index is -0.505. The molecule has 0 spiro atoms. The summed E-state index contributed by atoms with van der Waals surface area (Å²) in [6.07, 6.45) is 10.4. The van der Waals surface area contributed by atoms with Crippen molar-refractivity contribution >= 4 is 5.91 Å². The van der Waals surface area contributed by atoms with Crippen LogP contribution in [0.5, 0.6) is 0 Å². The van der Waals surface area contributed by atoms with Crippen LogP contribution >= 0.6 is 0 Å². The van der Waals surface area contributed by atoms with E-state index in [-0.39, 0.29) is 24.7 Å². The third kappa shape index (κ3) is 7.23. The number of carbonyl (C=O) groups excluding carboxylic acids is 1. The van der Waals surface area contributed by atoms with Gasteiger partial charge < -0.3 is 19.9 Å². The summed E-state index contributed by atoms with van der Waals surface area (Å²) in [5.74, 6) is -0.152. The number of aliphatic hydroxyl groups excluding tert-OH is 1. The molecule has 40 heavy (non-hydrogen) atoms. The van der Waals surface area contributed by atoms with Gasteiger partial charge in [-0.25, -0.2) is 0 Å². The summed E-state index contributed by atoms with van der Waals surface area (Å²) in [5.41, 5.74) is 4.44. The molecule has 210 valence electrons.